The van der Waals surface area contributed by atoms with Crippen molar-refractivity contribution in [2.24, 2.45) is 5.92 Å². The van der Waals surface area contributed by atoms with Gasteiger partial charge in [0.05, 0.1) is 12.1 Å². The van der Waals surface area contributed by atoms with E-state index in [-0.39, 0.29) is 24.0 Å². The number of amides is 1. The van der Waals surface area contributed by atoms with E-state index >= 15 is 0 Å². The minimum absolute atomic E-state index is 0.0379. The predicted octanol–water partition coefficient (Wildman–Crippen LogP) is 5.51. The van der Waals surface area contributed by atoms with Crippen LogP contribution in [0.3, 0.4) is 0 Å². The number of benzene rings is 3. The molecule has 5 rings (SSSR count). The summed E-state index contributed by atoms with van der Waals surface area (Å²) >= 11 is 0. The lowest BCUT2D eigenvalue weighted by atomic mass is 9.79. The first-order chi connectivity index (χ1) is 14.2. The molecule has 2 N–H and O–H groups in total. The molecule has 2 aliphatic heterocycles. The van der Waals surface area contributed by atoms with Crippen LogP contribution in [0, 0.1) is 5.92 Å². The number of carboxylic acid groups (broad SMARTS) is 1. The number of rotatable bonds is 3. The molecule has 0 radical (unpaired) electrons. The largest absolute Gasteiger partial charge is 0.465 e. The van der Waals surface area contributed by atoms with Crippen LogP contribution in [0.25, 0.3) is 0 Å². The van der Waals surface area contributed by atoms with Crippen molar-refractivity contribution in [1.82, 2.24) is 4.90 Å². The Hall–Kier alpha value is -3.27. The first-order valence-corrected chi connectivity index (χ1v) is 10.2. The molecular formula is C25H24N2O2. The monoisotopic (exact) mass is 384 g/mol. The first-order valence-electron chi connectivity index (χ1n) is 10.2. The van der Waals surface area contributed by atoms with Crippen LogP contribution in [0.2, 0.25) is 0 Å². The number of anilines is 1. The molecule has 0 bridgehead atoms. The van der Waals surface area contributed by atoms with Crippen LogP contribution >= 0.6 is 0 Å². The summed E-state index contributed by atoms with van der Waals surface area (Å²) in [5.41, 5.74) is 4.51. The SMILES string of the molecule is O=C(O)N1C(Cc2ccccc2)C[C@@H]2[C@H](c3ccccc3)Nc3ccccc3[C@@H]21. The summed E-state index contributed by atoms with van der Waals surface area (Å²) in [6.45, 7) is 0. The highest BCUT2D eigenvalue weighted by atomic mass is 16.4. The molecule has 2 heterocycles. The standard InChI is InChI=1S/C25H24N2O2/c28-25(29)27-19(15-17-9-3-1-4-10-17)16-21-23(18-11-5-2-6-12-18)26-22-14-8-7-13-20(22)24(21)27/h1-14,19,21,23-24,26H,15-16H2,(H,28,29)/t19?,21-,23+,24+/m1/s1. The maximum Gasteiger partial charge on any atom is 0.408 e. The average molecular weight is 384 g/mol. The predicted molar refractivity (Wildman–Crippen MR) is 114 cm³/mol. The number of nitrogens with one attached hydrogen (secondary N) is 1. The molecule has 0 aliphatic carbocycles. The van der Waals surface area contributed by atoms with Gasteiger partial charge < -0.3 is 10.4 Å². The molecule has 1 saturated heterocycles. The van der Waals surface area contributed by atoms with Crippen molar-refractivity contribution in [2.75, 3.05) is 5.32 Å². The van der Waals surface area contributed by atoms with Gasteiger partial charge in [0.2, 0.25) is 0 Å². The van der Waals surface area contributed by atoms with Crippen molar-refractivity contribution in [3.63, 3.8) is 0 Å². The lowest BCUT2D eigenvalue weighted by Crippen LogP contribution is -2.40. The van der Waals surface area contributed by atoms with Crippen molar-refractivity contribution < 1.29 is 9.90 Å². The van der Waals surface area contributed by atoms with Gasteiger partial charge in [-0.2, -0.15) is 0 Å². The summed E-state index contributed by atoms with van der Waals surface area (Å²) in [4.78, 5) is 14.1. The van der Waals surface area contributed by atoms with Crippen molar-refractivity contribution in [1.29, 1.82) is 0 Å². The number of likely N-dealkylation sites (tertiary alicyclic amines) is 1. The Morgan fingerprint density at radius 2 is 1.59 bits per heavy atom. The number of nitrogens with zero attached hydrogens (tertiary/aromatic N) is 1. The lowest BCUT2D eigenvalue weighted by molar-refractivity contribution is 0.115. The van der Waals surface area contributed by atoms with Gasteiger partial charge in [0, 0.05) is 17.6 Å². The molecule has 29 heavy (non-hydrogen) atoms. The number of fused-ring (bicyclic) bond motifs is 3. The Kier molecular flexibility index (Phi) is 4.47. The molecule has 4 nitrogen and oxygen atoms in total. The van der Waals surface area contributed by atoms with Gasteiger partial charge in [-0.1, -0.05) is 78.9 Å². The molecule has 4 heteroatoms. The quantitative estimate of drug-likeness (QED) is 0.626. The third-order valence-electron chi connectivity index (χ3n) is 6.36. The summed E-state index contributed by atoms with van der Waals surface area (Å²) in [6, 6.07) is 28.7. The van der Waals surface area contributed by atoms with Gasteiger partial charge >= 0.3 is 6.09 Å². The van der Waals surface area contributed by atoms with Crippen LogP contribution in [0.4, 0.5) is 10.5 Å². The van der Waals surface area contributed by atoms with E-state index in [2.05, 4.69) is 53.8 Å². The molecule has 1 unspecified atom stereocenters. The smallest absolute Gasteiger partial charge is 0.408 e. The van der Waals surface area contributed by atoms with E-state index in [1.165, 1.54) is 11.1 Å². The zero-order chi connectivity index (χ0) is 19.8. The second kappa shape index (κ2) is 7.28. The second-order valence-corrected chi connectivity index (χ2v) is 8.00. The van der Waals surface area contributed by atoms with E-state index in [4.69, 9.17) is 0 Å². The number of hydrogen-bond acceptors (Lipinski definition) is 2. The zero-order valence-electron chi connectivity index (χ0n) is 16.1. The minimum atomic E-state index is -0.832. The zero-order valence-corrected chi connectivity index (χ0v) is 16.1. The van der Waals surface area contributed by atoms with Crippen LogP contribution in [-0.4, -0.2) is 22.1 Å². The van der Waals surface area contributed by atoms with Crippen molar-refractivity contribution in [3.8, 4) is 0 Å². The fraction of sp³-hybridized carbons (Fsp3) is 0.240. The van der Waals surface area contributed by atoms with Gasteiger partial charge in [0.25, 0.3) is 0 Å². The van der Waals surface area contributed by atoms with Crippen LogP contribution in [0.5, 0.6) is 0 Å². The molecule has 2 aliphatic rings. The summed E-state index contributed by atoms with van der Waals surface area (Å²) in [5, 5.41) is 13.9. The van der Waals surface area contributed by atoms with E-state index in [1.807, 2.05) is 36.4 Å². The van der Waals surface area contributed by atoms with Crippen molar-refractivity contribution in [2.45, 2.75) is 31.0 Å². The second-order valence-electron chi connectivity index (χ2n) is 8.00. The fourth-order valence-electron chi connectivity index (χ4n) is 5.18. The molecule has 146 valence electrons. The number of carbonyl (C=O) groups is 1. The topological polar surface area (TPSA) is 52.6 Å². The van der Waals surface area contributed by atoms with Gasteiger partial charge in [-0.15, -0.1) is 0 Å². The van der Waals surface area contributed by atoms with Gasteiger partial charge in [-0.3, -0.25) is 4.90 Å². The van der Waals surface area contributed by atoms with Crippen LogP contribution < -0.4 is 5.32 Å². The maximum absolute atomic E-state index is 12.4. The third-order valence-corrected chi connectivity index (χ3v) is 6.36. The van der Waals surface area contributed by atoms with Gasteiger partial charge in [-0.05, 0) is 35.6 Å². The van der Waals surface area contributed by atoms with Crippen molar-refractivity contribution >= 4 is 11.8 Å². The lowest BCUT2D eigenvalue weighted by Gasteiger charge is -2.39. The highest BCUT2D eigenvalue weighted by Crippen LogP contribution is 2.53. The van der Waals surface area contributed by atoms with Gasteiger partial charge in [-0.25, -0.2) is 4.79 Å². The van der Waals surface area contributed by atoms with Crippen molar-refractivity contribution in [3.05, 3.63) is 102 Å². The molecule has 3 aromatic carbocycles. The highest BCUT2D eigenvalue weighted by Gasteiger charge is 2.50. The van der Waals surface area contributed by atoms with Gasteiger partial charge in [0.1, 0.15) is 0 Å². The summed E-state index contributed by atoms with van der Waals surface area (Å²) in [6.07, 6.45) is 0.748. The molecule has 1 amide bonds. The summed E-state index contributed by atoms with van der Waals surface area (Å²) in [7, 11) is 0. The van der Waals surface area contributed by atoms with E-state index in [1.54, 1.807) is 4.90 Å². The molecule has 4 atom stereocenters. The molecule has 0 aromatic heterocycles. The number of hydrogen-bond donors (Lipinski definition) is 2. The van der Waals surface area contributed by atoms with E-state index in [9.17, 15) is 9.90 Å². The highest BCUT2D eigenvalue weighted by molar-refractivity contribution is 5.69. The summed E-state index contributed by atoms with van der Waals surface area (Å²) < 4.78 is 0. The Bertz CT molecular complexity index is 1010. The van der Waals surface area contributed by atoms with Gasteiger partial charge in [0.15, 0.2) is 0 Å². The first kappa shape index (κ1) is 17.8. The van der Waals surface area contributed by atoms with Crippen LogP contribution in [0.15, 0.2) is 84.9 Å². The Morgan fingerprint density at radius 1 is 0.931 bits per heavy atom. The minimum Gasteiger partial charge on any atom is -0.465 e. The Morgan fingerprint density at radius 3 is 2.31 bits per heavy atom. The Balaban J connectivity index is 1.58. The van der Waals surface area contributed by atoms with Crippen LogP contribution in [0.1, 0.15) is 35.2 Å². The summed E-state index contributed by atoms with van der Waals surface area (Å²) in [5.74, 6) is 0.192. The Labute approximate surface area is 170 Å². The molecule has 0 spiro atoms. The fourth-order valence-corrected chi connectivity index (χ4v) is 5.18. The maximum atomic E-state index is 12.4. The molecule has 1 fully saturated rings. The normalized spacial score (nSPS) is 25.0. The van der Waals surface area contributed by atoms with E-state index < -0.39 is 6.09 Å². The average Bonchev–Trinajstić information content (AvgIpc) is 3.14. The van der Waals surface area contributed by atoms with E-state index in [0.717, 1.165) is 24.1 Å². The molecule has 0 saturated carbocycles. The molecular weight excluding hydrogens is 360 g/mol. The third kappa shape index (κ3) is 3.15. The molecule has 3 aromatic rings. The van der Waals surface area contributed by atoms with E-state index in [0.29, 0.717) is 0 Å². The number of para-hydroxylation sites is 1. The van der Waals surface area contributed by atoms with Crippen LogP contribution in [-0.2, 0) is 6.42 Å².